The lowest BCUT2D eigenvalue weighted by molar-refractivity contribution is 0.0748. The second kappa shape index (κ2) is 6.25. The molecule has 7 heteroatoms. The highest BCUT2D eigenvalue weighted by Gasteiger charge is 2.27. The number of aromatic hydroxyl groups is 1. The lowest BCUT2D eigenvalue weighted by Gasteiger charge is -2.16. The Kier molecular flexibility index (Phi) is 4.03. The third-order valence-corrected chi connectivity index (χ3v) is 5.17. The molecule has 1 amide bonds. The van der Waals surface area contributed by atoms with Crippen molar-refractivity contribution in [3.8, 4) is 5.75 Å². The fourth-order valence-corrected chi connectivity index (χ4v) is 3.69. The third kappa shape index (κ3) is 2.68. The number of rotatable bonds is 3. The normalized spacial score (nSPS) is 13.2. The maximum absolute atomic E-state index is 13.0. The van der Waals surface area contributed by atoms with Crippen LogP contribution in [0.3, 0.4) is 0 Å². The van der Waals surface area contributed by atoms with Gasteiger partial charge in [-0.05, 0) is 29.3 Å². The predicted octanol–water partition coefficient (Wildman–Crippen LogP) is 3.78. The smallest absolute Gasteiger partial charge is 0.258 e. The highest BCUT2D eigenvalue weighted by Crippen LogP contribution is 2.31. The van der Waals surface area contributed by atoms with Crippen LogP contribution in [0.1, 0.15) is 45.3 Å². The SMILES string of the molecule is CCC(=O)c1n[nH]c2cc(O)c(C(=O)N3Cc4ccc(Br)cc4C3)cc12. The molecule has 4 rings (SSSR count). The van der Waals surface area contributed by atoms with Crippen LogP contribution >= 0.6 is 15.9 Å². The summed E-state index contributed by atoms with van der Waals surface area (Å²) in [4.78, 5) is 26.7. The standard InChI is InChI=1S/C19H16BrN3O3/c1-2-16(24)18-13-6-14(17(25)7-15(13)21-22-18)19(26)23-8-10-3-4-12(20)5-11(10)9-23/h3-7,25H,2,8-9H2,1H3,(H,21,22). The van der Waals surface area contributed by atoms with Crippen molar-refractivity contribution in [3.63, 3.8) is 0 Å². The van der Waals surface area contributed by atoms with E-state index in [2.05, 4.69) is 26.1 Å². The zero-order valence-corrected chi connectivity index (χ0v) is 15.6. The van der Waals surface area contributed by atoms with Gasteiger partial charge in [0.25, 0.3) is 5.91 Å². The third-order valence-electron chi connectivity index (χ3n) is 4.67. The summed E-state index contributed by atoms with van der Waals surface area (Å²) in [6.07, 6.45) is 0.320. The molecule has 6 nitrogen and oxygen atoms in total. The van der Waals surface area contributed by atoms with E-state index in [9.17, 15) is 14.7 Å². The van der Waals surface area contributed by atoms with Gasteiger partial charge in [-0.25, -0.2) is 0 Å². The first-order chi connectivity index (χ1) is 12.5. The molecule has 0 atom stereocenters. The topological polar surface area (TPSA) is 86.3 Å². The van der Waals surface area contributed by atoms with E-state index < -0.39 is 0 Å². The van der Waals surface area contributed by atoms with E-state index in [0.717, 1.165) is 15.6 Å². The molecule has 0 bridgehead atoms. The number of phenols is 1. The zero-order chi connectivity index (χ0) is 18.4. The highest BCUT2D eigenvalue weighted by molar-refractivity contribution is 9.10. The van der Waals surface area contributed by atoms with Crippen LogP contribution in [-0.4, -0.2) is 31.9 Å². The summed E-state index contributed by atoms with van der Waals surface area (Å²) in [5, 5.41) is 17.6. The van der Waals surface area contributed by atoms with Crippen LogP contribution < -0.4 is 0 Å². The summed E-state index contributed by atoms with van der Waals surface area (Å²) in [5.41, 5.74) is 3.18. The Labute approximate surface area is 157 Å². The number of aromatic nitrogens is 2. The number of nitrogens with one attached hydrogen (secondary N) is 1. The van der Waals surface area contributed by atoms with Crippen molar-refractivity contribution in [2.24, 2.45) is 0 Å². The number of halogens is 1. The van der Waals surface area contributed by atoms with Crippen molar-refractivity contribution < 1.29 is 14.7 Å². The number of carbonyl (C=O) groups excluding carboxylic acids is 2. The fourth-order valence-electron chi connectivity index (χ4n) is 3.28. The van der Waals surface area contributed by atoms with Crippen molar-refractivity contribution in [1.29, 1.82) is 0 Å². The van der Waals surface area contributed by atoms with E-state index in [0.29, 0.717) is 36.1 Å². The number of amides is 1. The number of ketones is 1. The first-order valence-electron chi connectivity index (χ1n) is 8.28. The van der Waals surface area contributed by atoms with Gasteiger partial charge in [-0.15, -0.1) is 0 Å². The van der Waals surface area contributed by atoms with Crippen molar-refractivity contribution in [1.82, 2.24) is 15.1 Å². The van der Waals surface area contributed by atoms with Gasteiger partial charge in [-0.2, -0.15) is 5.10 Å². The van der Waals surface area contributed by atoms with Crippen molar-refractivity contribution in [2.75, 3.05) is 0 Å². The Morgan fingerprint density at radius 3 is 2.77 bits per heavy atom. The van der Waals surface area contributed by atoms with Gasteiger partial charge in [0.1, 0.15) is 11.4 Å². The number of H-pyrrole nitrogens is 1. The molecule has 26 heavy (non-hydrogen) atoms. The molecule has 2 N–H and O–H groups in total. The average Bonchev–Trinajstić information content (AvgIpc) is 3.22. The van der Waals surface area contributed by atoms with E-state index in [4.69, 9.17) is 0 Å². The highest BCUT2D eigenvalue weighted by atomic mass is 79.9. The van der Waals surface area contributed by atoms with Gasteiger partial charge in [0, 0.05) is 35.4 Å². The second-order valence-electron chi connectivity index (χ2n) is 6.34. The van der Waals surface area contributed by atoms with Crippen LogP contribution in [0.5, 0.6) is 5.75 Å². The van der Waals surface area contributed by atoms with Crippen LogP contribution in [0.4, 0.5) is 0 Å². The maximum Gasteiger partial charge on any atom is 0.258 e. The van der Waals surface area contributed by atoms with Gasteiger partial charge in [0.2, 0.25) is 0 Å². The zero-order valence-electron chi connectivity index (χ0n) is 14.0. The van der Waals surface area contributed by atoms with Gasteiger partial charge in [-0.1, -0.05) is 28.9 Å². The number of hydrogen-bond donors (Lipinski definition) is 2. The molecule has 2 heterocycles. The minimum Gasteiger partial charge on any atom is -0.507 e. The van der Waals surface area contributed by atoms with Gasteiger partial charge in [-0.3, -0.25) is 14.7 Å². The van der Waals surface area contributed by atoms with E-state index in [1.54, 1.807) is 17.9 Å². The fraction of sp³-hybridized carbons (Fsp3) is 0.211. The van der Waals surface area contributed by atoms with Crippen LogP contribution in [0.2, 0.25) is 0 Å². The molecule has 3 aromatic rings. The van der Waals surface area contributed by atoms with Crippen LogP contribution in [0.25, 0.3) is 10.9 Å². The summed E-state index contributed by atoms with van der Waals surface area (Å²) in [7, 11) is 0. The van der Waals surface area contributed by atoms with Crippen LogP contribution in [0, 0.1) is 0 Å². The molecule has 0 saturated carbocycles. The molecule has 1 aromatic heterocycles. The summed E-state index contributed by atoms with van der Waals surface area (Å²) in [5.74, 6) is -0.509. The molecule has 0 saturated heterocycles. The Morgan fingerprint density at radius 1 is 1.23 bits per heavy atom. The molecule has 0 spiro atoms. The Bertz CT molecular complexity index is 1060. The largest absolute Gasteiger partial charge is 0.507 e. The van der Waals surface area contributed by atoms with Gasteiger partial charge >= 0.3 is 0 Å². The molecule has 1 aliphatic heterocycles. The van der Waals surface area contributed by atoms with E-state index in [1.165, 1.54) is 6.07 Å². The molecule has 132 valence electrons. The molecule has 0 aliphatic carbocycles. The number of Topliss-reactive ketones (excluding diaryl/α,β-unsaturated/α-hetero) is 1. The summed E-state index contributed by atoms with van der Waals surface area (Å²) < 4.78 is 0.968. The quantitative estimate of drug-likeness (QED) is 0.639. The van der Waals surface area contributed by atoms with Crippen LogP contribution in [-0.2, 0) is 13.1 Å². The Morgan fingerprint density at radius 2 is 2.00 bits per heavy atom. The predicted molar refractivity (Wildman–Crippen MR) is 100 cm³/mol. The van der Waals surface area contributed by atoms with E-state index in [-0.39, 0.29) is 23.0 Å². The lowest BCUT2D eigenvalue weighted by atomic mass is 10.1. The van der Waals surface area contributed by atoms with Gasteiger partial charge in [0.15, 0.2) is 5.78 Å². The Balaban J connectivity index is 1.71. The summed E-state index contributed by atoms with van der Waals surface area (Å²) in [6.45, 7) is 2.73. The molecular formula is C19H16BrN3O3. The number of hydrogen-bond acceptors (Lipinski definition) is 4. The average molecular weight is 414 g/mol. The lowest BCUT2D eigenvalue weighted by Crippen LogP contribution is -2.25. The van der Waals surface area contributed by atoms with Gasteiger partial charge in [0.05, 0.1) is 11.1 Å². The summed E-state index contributed by atoms with van der Waals surface area (Å²) >= 11 is 3.44. The minimum atomic E-state index is -0.271. The molecule has 0 fully saturated rings. The van der Waals surface area contributed by atoms with E-state index >= 15 is 0 Å². The molecule has 2 aromatic carbocycles. The molecule has 0 unspecified atom stereocenters. The number of phenolic OH excluding ortho intramolecular Hbond substituents is 1. The number of nitrogens with zero attached hydrogens (tertiary/aromatic N) is 2. The second-order valence-corrected chi connectivity index (χ2v) is 7.25. The number of benzene rings is 2. The van der Waals surface area contributed by atoms with Crippen molar-refractivity contribution >= 4 is 38.5 Å². The molecule has 1 aliphatic rings. The summed E-state index contributed by atoms with van der Waals surface area (Å²) in [6, 6.07) is 8.94. The Hall–Kier alpha value is -2.67. The monoisotopic (exact) mass is 413 g/mol. The number of aromatic amines is 1. The first-order valence-corrected chi connectivity index (χ1v) is 9.08. The molecular weight excluding hydrogens is 398 g/mol. The van der Waals surface area contributed by atoms with Gasteiger partial charge < -0.3 is 10.0 Å². The number of carbonyl (C=O) groups is 2. The molecule has 0 radical (unpaired) electrons. The van der Waals surface area contributed by atoms with E-state index in [1.807, 2.05) is 18.2 Å². The van der Waals surface area contributed by atoms with Crippen molar-refractivity contribution in [3.05, 3.63) is 57.2 Å². The van der Waals surface area contributed by atoms with Crippen LogP contribution in [0.15, 0.2) is 34.8 Å². The minimum absolute atomic E-state index is 0.112. The maximum atomic E-state index is 13.0. The first kappa shape index (κ1) is 16.8. The van der Waals surface area contributed by atoms with Crippen molar-refractivity contribution in [2.45, 2.75) is 26.4 Å². The number of fused-ring (bicyclic) bond motifs is 2.